The first-order chi connectivity index (χ1) is 9.21. The zero-order valence-corrected chi connectivity index (χ0v) is 13.1. The summed E-state index contributed by atoms with van der Waals surface area (Å²) in [6.07, 6.45) is 1.89. The van der Waals surface area contributed by atoms with E-state index in [0.29, 0.717) is 5.75 Å². The fraction of sp³-hybridized carbons (Fsp3) is 0.455. The van der Waals surface area contributed by atoms with E-state index in [1.165, 1.54) is 29.2 Å². The van der Waals surface area contributed by atoms with Crippen molar-refractivity contribution in [3.8, 4) is 0 Å². The summed E-state index contributed by atoms with van der Waals surface area (Å²) in [5, 5.41) is 10.6. The number of nitro benzene ring substituents is 1. The van der Waals surface area contributed by atoms with E-state index in [1.54, 1.807) is 6.92 Å². The summed E-state index contributed by atoms with van der Waals surface area (Å²) in [5.74, 6) is 0.641. The van der Waals surface area contributed by atoms with Crippen molar-refractivity contribution in [2.45, 2.75) is 17.9 Å². The molecule has 0 aromatic heterocycles. The molecule has 0 radical (unpaired) electrons. The molecule has 0 amide bonds. The lowest BCUT2D eigenvalue weighted by Gasteiger charge is -2.24. The highest BCUT2D eigenvalue weighted by molar-refractivity contribution is 7.98. The molecular weight excluding hydrogens is 302 g/mol. The number of nitrogen functional groups attached to an aromatic ring is 1. The molecule has 0 aliphatic heterocycles. The molecule has 9 heteroatoms. The van der Waals surface area contributed by atoms with Crippen molar-refractivity contribution in [3.05, 3.63) is 28.3 Å². The molecule has 0 aliphatic carbocycles. The molecule has 1 aromatic rings. The van der Waals surface area contributed by atoms with Gasteiger partial charge in [-0.25, -0.2) is 8.42 Å². The third-order valence-electron chi connectivity index (χ3n) is 2.89. The number of rotatable bonds is 6. The molecule has 20 heavy (non-hydrogen) atoms. The first-order valence-electron chi connectivity index (χ1n) is 5.72. The minimum absolute atomic E-state index is 0.112. The van der Waals surface area contributed by atoms with Gasteiger partial charge in [-0.3, -0.25) is 10.1 Å². The van der Waals surface area contributed by atoms with Crippen molar-refractivity contribution >= 4 is 33.2 Å². The summed E-state index contributed by atoms with van der Waals surface area (Å²) in [7, 11) is -2.29. The topological polar surface area (TPSA) is 107 Å². The van der Waals surface area contributed by atoms with Crippen LogP contribution in [0.2, 0.25) is 0 Å². The zero-order chi connectivity index (χ0) is 15.5. The van der Waals surface area contributed by atoms with Crippen LogP contribution in [-0.4, -0.2) is 42.7 Å². The van der Waals surface area contributed by atoms with Crippen LogP contribution in [0.1, 0.15) is 6.92 Å². The van der Waals surface area contributed by atoms with Crippen LogP contribution in [0.25, 0.3) is 0 Å². The summed E-state index contributed by atoms with van der Waals surface area (Å²) in [6, 6.07) is 3.16. The number of non-ortho nitro benzene ring substituents is 1. The van der Waals surface area contributed by atoms with Crippen LogP contribution in [-0.2, 0) is 10.0 Å². The molecule has 1 unspecified atom stereocenters. The first kappa shape index (κ1) is 16.7. The van der Waals surface area contributed by atoms with E-state index in [0.717, 1.165) is 12.1 Å². The van der Waals surface area contributed by atoms with Crippen molar-refractivity contribution in [1.82, 2.24) is 4.31 Å². The molecule has 1 atom stereocenters. The van der Waals surface area contributed by atoms with Crippen LogP contribution in [0.5, 0.6) is 0 Å². The molecular formula is C11H17N3O4S2. The molecule has 0 fully saturated rings. The number of nitro groups is 1. The zero-order valence-electron chi connectivity index (χ0n) is 11.4. The SMILES string of the molecule is CSCC(C)N(C)S(=O)(=O)c1ccc([N+](=O)[O-])cc1N. The fourth-order valence-corrected chi connectivity index (χ4v) is 3.88. The van der Waals surface area contributed by atoms with E-state index in [-0.39, 0.29) is 22.3 Å². The summed E-state index contributed by atoms with van der Waals surface area (Å²) in [6.45, 7) is 1.79. The summed E-state index contributed by atoms with van der Waals surface area (Å²) >= 11 is 1.53. The second-order valence-corrected chi connectivity index (χ2v) is 7.18. The van der Waals surface area contributed by atoms with Crippen LogP contribution < -0.4 is 5.73 Å². The standard InChI is InChI=1S/C11H17N3O4S2/c1-8(7-19-3)13(2)20(17,18)11-5-4-9(14(15)16)6-10(11)12/h4-6,8H,7,12H2,1-3H3. The highest BCUT2D eigenvalue weighted by Crippen LogP contribution is 2.27. The van der Waals surface area contributed by atoms with Gasteiger partial charge in [-0.2, -0.15) is 16.1 Å². The summed E-state index contributed by atoms with van der Waals surface area (Å²) < 4.78 is 26.1. The van der Waals surface area contributed by atoms with Gasteiger partial charge in [0.05, 0.1) is 10.6 Å². The summed E-state index contributed by atoms with van der Waals surface area (Å²) in [4.78, 5) is 9.90. The highest BCUT2D eigenvalue weighted by atomic mass is 32.2. The Bertz CT molecular complexity index is 604. The van der Waals surface area contributed by atoms with Gasteiger partial charge in [0, 0.05) is 31.0 Å². The number of thioether (sulfide) groups is 1. The molecule has 0 saturated heterocycles. The van der Waals surface area contributed by atoms with Crippen molar-refractivity contribution in [3.63, 3.8) is 0 Å². The fourth-order valence-electron chi connectivity index (χ4n) is 1.62. The Morgan fingerprint density at radius 1 is 1.50 bits per heavy atom. The van der Waals surface area contributed by atoms with Crippen molar-refractivity contribution in [2.75, 3.05) is 24.8 Å². The van der Waals surface area contributed by atoms with Gasteiger partial charge in [0.1, 0.15) is 4.90 Å². The molecule has 0 heterocycles. The third-order valence-corrected chi connectivity index (χ3v) is 5.75. The average molecular weight is 319 g/mol. The van der Waals surface area contributed by atoms with Gasteiger partial charge in [0.25, 0.3) is 5.69 Å². The monoisotopic (exact) mass is 319 g/mol. The van der Waals surface area contributed by atoms with Crippen LogP contribution in [0.3, 0.4) is 0 Å². The van der Waals surface area contributed by atoms with Gasteiger partial charge < -0.3 is 5.73 Å². The molecule has 0 saturated carbocycles. The number of nitrogens with zero attached hydrogens (tertiary/aromatic N) is 2. The van der Waals surface area contributed by atoms with E-state index in [4.69, 9.17) is 5.73 Å². The maximum atomic E-state index is 12.4. The van der Waals surface area contributed by atoms with Crippen molar-refractivity contribution in [1.29, 1.82) is 0 Å². The molecule has 1 rings (SSSR count). The number of benzene rings is 1. The largest absolute Gasteiger partial charge is 0.397 e. The molecule has 1 aromatic carbocycles. The van der Waals surface area contributed by atoms with E-state index in [2.05, 4.69) is 0 Å². The Kier molecular flexibility index (Phi) is 5.37. The average Bonchev–Trinajstić information content (AvgIpc) is 2.37. The minimum Gasteiger partial charge on any atom is -0.397 e. The maximum absolute atomic E-state index is 12.4. The van der Waals surface area contributed by atoms with Crippen LogP contribution in [0.15, 0.2) is 23.1 Å². The van der Waals surface area contributed by atoms with Gasteiger partial charge in [0.15, 0.2) is 0 Å². The van der Waals surface area contributed by atoms with Crippen LogP contribution in [0, 0.1) is 10.1 Å². The van der Waals surface area contributed by atoms with E-state index in [1.807, 2.05) is 6.26 Å². The van der Waals surface area contributed by atoms with E-state index >= 15 is 0 Å². The lowest BCUT2D eigenvalue weighted by molar-refractivity contribution is -0.384. The second kappa shape index (κ2) is 6.42. The smallest absolute Gasteiger partial charge is 0.271 e. The number of sulfonamides is 1. The van der Waals surface area contributed by atoms with Gasteiger partial charge >= 0.3 is 0 Å². The first-order valence-corrected chi connectivity index (χ1v) is 8.56. The van der Waals surface area contributed by atoms with E-state index < -0.39 is 14.9 Å². The molecule has 2 N–H and O–H groups in total. The molecule has 7 nitrogen and oxygen atoms in total. The van der Waals surface area contributed by atoms with E-state index in [9.17, 15) is 18.5 Å². The molecule has 0 spiro atoms. The number of anilines is 1. The Morgan fingerprint density at radius 3 is 2.55 bits per heavy atom. The number of nitrogens with two attached hydrogens (primary N) is 1. The lowest BCUT2D eigenvalue weighted by atomic mass is 10.3. The van der Waals surface area contributed by atoms with Gasteiger partial charge in [-0.05, 0) is 19.2 Å². The quantitative estimate of drug-likeness (QED) is 0.484. The maximum Gasteiger partial charge on any atom is 0.271 e. The predicted octanol–water partition coefficient (Wildman–Crippen LogP) is 1.55. The van der Waals surface area contributed by atoms with Crippen LogP contribution >= 0.6 is 11.8 Å². The Morgan fingerprint density at radius 2 is 2.10 bits per heavy atom. The Balaban J connectivity index is 3.19. The normalized spacial score (nSPS) is 13.4. The molecule has 0 bridgehead atoms. The number of hydrogen-bond donors (Lipinski definition) is 1. The van der Waals surface area contributed by atoms with Crippen molar-refractivity contribution in [2.24, 2.45) is 0 Å². The Hall–Kier alpha value is -1.32. The third kappa shape index (κ3) is 3.41. The predicted molar refractivity (Wildman–Crippen MR) is 80.3 cm³/mol. The van der Waals surface area contributed by atoms with Crippen molar-refractivity contribution < 1.29 is 13.3 Å². The molecule has 112 valence electrons. The molecule has 0 aliphatic rings. The summed E-state index contributed by atoms with van der Waals surface area (Å²) in [5.41, 5.74) is 5.28. The lowest BCUT2D eigenvalue weighted by Crippen LogP contribution is -2.36. The number of hydrogen-bond acceptors (Lipinski definition) is 6. The van der Waals surface area contributed by atoms with Gasteiger partial charge in [-0.1, -0.05) is 0 Å². The highest BCUT2D eigenvalue weighted by Gasteiger charge is 2.27. The Labute approximate surface area is 122 Å². The van der Waals surface area contributed by atoms with Crippen LogP contribution in [0.4, 0.5) is 11.4 Å². The second-order valence-electron chi connectivity index (χ2n) is 4.30. The van der Waals surface area contributed by atoms with Gasteiger partial charge in [0.2, 0.25) is 10.0 Å². The van der Waals surface area contributed by atoms with Gasteiger partial charge in [-0.15, -0.1) is 0 Å². The minimum atomic E-state index is -3.76.